The van der Waals surface area contributed by atoms with Crippen molar-refractivity contribution >= 4 is 11.8 Å². The molecule has 2 aromatic rings. The Labute approximate surface area is 145 Å². The molecule has 2 amide bonds. The van der Waals surface area contributed by atoms with E-state index in [0.29, 0.717) is 30.1 Å². The molecular weight excluding hydrogens is 322 g/mol. The summed E-state index contributed by atoms with van der Waals surface area (Å²) in [6.45, 7) is 4.83. The molecule has 0 spiro atoms. The highest BCUT2D eigenvalue weighted by Crippen LogP contribution is 2.21. The monoisotopic (exact) mass is 343 g/mol. The summed E-state index contributed by atoms with van der Waals surface area (Å²) in [6, 6.07) is 3.20. The van der Waals surface area contributed by atoms with Crippen LogP contribution in [0.5, 0.6) is 5.75 Å². The van der Waals surface area contributed by atoms with Gasteiger partial charge < -0.3 is 15.4 Å². The number of H-pyrrole nitrogens is 1. The van der Waals surface area contributed by atoms with E-state index in [1.165, 1.54) is 12.3 Å². The number of amides is 2. The number of likely N-dealkylation sites (tertiary alicyclic amines) is 1. The van der Waals surface area contributed by atoms with Gasteiger partial charge in [-0.2, -0.15) is 5.10 Å². The highest BCUT2D eigenvalue weighted by molar-refractivity contribution is 5.96. The van der Waals surface area contributed by atoms with Crippen molar-refractivity contribution in [2.24, 2.45) is 5.73 Å². The van der Waals surface area contributed by atoms with Crippen molar-refractivity contribution in [3.8, 4) is 5.75 Å². The highest BCUT2D eigenvalue weighted by Gasteiger charge is 2.28. The van der Waals surface area contributed by atoms with Gasteiger partial charge in [0.1, 0.15) is 17.5 Å². The molecule has 1 unspecified atom stereocenters. The lowest BCUT2D eigenvalue weighted by Crippen LogP contribution is -2.44. The van der Waals surface area contributed by atoms with Crippen molar-refractivity contribution in [1.82, 2.24) is 20.1 Å². The van der Waals surface area contributed by atoms with E-state index < -0.39 is 5.91 Å². The number of carbonyl (C=O) groups excluding carboxylic acids is 2. The van der Waals surface area contributed by atoms with Crippen molar-refractivity contribution in [3.63, 3.8) is 0 Å². The number of pyridine rings is 1. The predicted octanol–water partition coefficient (Wildman–Crippen LogP) is 1.20. The van der Waals surface area contributed by atoms with Crippen molar-refractivity contribution < 1.29 is 14.3 Å². The summed E-state index contributed by atoms with van der Waals surface area (Å²) in [5.41, 5.74) is 7.49. The van der Waals surface area contributed by atoms with Gasteiger partial charge in [0.25, 0.3) is 11.8 Å². The minimum Gasteiger partial charge on any atom is -0.488 e. The molecule has 1 atom stereocenters. The fourth-order valence-electron chi connectivity index (χ4n) is 3.05. The van der Waals surface area contributed by atoms with E-state index in [1.807, 2.05) is 13.8 Å². The Morgan fingerprint density at radius 3 is 2.88 bits per heavy atom. The zero-order valence-electron chi connectivity index (χ0n) is 14.3. The Morgan fingerprint density at radius 1 is 1.40 bits per heavy atom. The van der Waals surface area contributed by atoms with Crippen molar-refractivity contribution in [2.75, 3.05) is 13.1 Å². The van der Waals surface area contributed by atoms with Crippen molar-refractivity contribution in [3.05, 3.63) is 41.0 Å². The van der Waals surface area contributed by atoms with E-state index in [1.54, 1.807) is 11.0 Å². The maximum atomic E-state index is 12.8. The number of nitrogens with two attached hydrogens (primary N) is 1. The molecular formula is C17H21N5O3. The van der Waals surface area contributed by atoms with Gasteiger partial charge in [0.15, 0.2) is 0 Å². The molecule has 132 valence electrons. The van der Waals surface area contributed by atoms with Crippen LogP contribution in [0.1, 0.15) is 45.1 Å². The molecule has 8 nitrogen and oxygen atoms in total. The van der Waals surface area contributed by atoms with Crippen LogP contribution in [0.2, 0.25) is 0 Å². The Kier molecular flexibility index (Phi) is 4.69. The van der Waals surface area contributed by atoms with Gasteiger partial charge in [-0.05, 0) is 32.8 Å². The van der Waals surface area contributed by atoms with Crippen LogP contribution in [-0.4, -0.2) is 51.1 Å². The van der Waals surface area contributed by atoms with E-state index in [4.69, 9.17) is 10.5 Å². The maximum Gasteiger partial charge on any atom is 0.267 e. The third-order valence-electron chi connectivity index (χ3n) is 4.29. The number of ether oxygens (including phenoxy) is 1. The molecule has 25 heavy (non-hydrogen) atoms. The average molecular weight is 343 g/mol. The van der Waals surface area contributed by atoms with E-state index in [0.717, 1.165) is 18.5 Å². The number of primary amides is 1. The first-order chi connectivity index (χ1) is 12.0. The zero-order chi connectivity index (χ0) is 18.0. The Hall–Kier alpha value is -2.90. The standard InChI is InChI=1S/C17H21N5O3/c1-10-15(11(2)21-20-10)17(24)22-7-3-4-13(9-22)25-12-5-6-19-14(8-12)16(18)23/h5-6,8,13H,3-4,7,9H2,1-2H3,(H2,18,23)(H,20,21). The third kappa shape index (κ3) is 3.62. The van der Waals surface area contributed by atoms with Gasteiger partial charge >= 0.3 is 0 Å². The lowest BCUT2D eigenvalue weighted by Gasteiger charge is -2.33. The third-order valence-corrected chi connectivity index (χ3v) is 4.29. The lowest BCUT2D eigenvalue weighted by atomic mass is 10.1. The maximum absolute atomic E-state index is 12.8. The number of carbonyl (C=O) groups is 2. The van der Waals surface area contributed by atoms with Gasteiger partial charge in [0.05, 0.1) is 17.8 Å². The van der Waals surface area contributed by atoms with Crippen molar-refractivity contribution in [2.45, 2.75) is 32.8 Å². The average Bonchev–Trinajstić information content (AvgIpc) is 2.93. The molecule has 0 saturated carbocycles. The molecule has 8 heteroatoms. The second-order valence-corrected chi connectivity index (χ2v) is 6.18. The van der Waals surface area contributed by atoms with Crippen LogP contribution in [0, 0.1) is 13.8 Å². The normalized spacial score (nSPS) is 17.4. The van der Waals surface area contributed by atoms with E-state index in [9.17, 15) is 9.59 Å². The lowest BCUT2D eigenvalue weighted by molar-refractivity contribution is 0.0536. The molecule has 1 aliphatic heterocycles. The minimum atomic E-state index is -0.600. The number of nitrogens with one attached hydrogen (secondary N) is 1. The number of rotatable bonds is 4. The predicted molar refractivity (Wildman–Crippen MR) is 90.4 cm³/mol. The van der Waals surface area contributed by atoms with Gasteiger partial charge in [-0.1, -0.05) is 0 Å². The molecule has 0 bridgehead atoms. The first-order valence-electron chi connectivity index (χ1n) is 8.19. The van der Waals surface area contributed by atoms with Crippen LogP contribution >= 0.6 is 0 Å². The molecule has 1 aliphatic rings. The van der Waals surface area contributed by atoms with Gasteiger partial charge in [-0.15, -0.1) is 0 Å². The first kappa shape index (κ1) is 16.9. The number of piperidine rings is 1. The summed E-state index contributed by atoms with van der Waals surface area (Å²) in [7, 11) is 0. The SMILES string of the molecule is Cc1n[nH]c(C)c1C(=O)N1CCCC(Oc2ccnc(C(N)=O)c2)C1. The highest BCUT2D eigenvalue weighted by atomic mass is 16.5. The van der Waals surface area contributed by atoms with Gasteiger partial charge in [-0.3, -0.25) is 19.7 Å². The summed E-state index contributed by atoms with van der Waals surface area (Å²) >= 11 is 0. The van der Waals surface area contributed by atoms with Crippen molar-refractivity contribution in [1.29, 1.82) is 0 Å². The summed E-state index contributed by atoms with van der Waals surface area (Å²) in [5.74, 6) is -0.111. The van der Waals surface area contributed by atoms with Gasteiger partial charge in [-0.25, -0.2) is 0 Å². The van der Waals surface area contributed by atoms with Crippen LogP contribution < -0.4 is 10.5 Å². The van der Waals surface area contributed by atoms with E-state index >= 15 is 0 Å². The minimum absolute atomic E-state index is 0.0374. The Bertz CT molecular complexity index is 782. The summed E-state index contributed by atoms with van der Waals surface area (Å²) in [5, 5.41) is 6.94. The number of aromatic amines is 1. The van der Waals surface area contributed by atoms with E-state index in [2.05, 4.69) is 15.2 Å². The fraction of sp³-hybridized carbons (Fsp3) is 0.412. The smallest absolute Gasteiger partial charge is 0.267 e. The Balaban J connectivity index is 1.70. The molecule has 0 aromatic carbocycles. The van der Waals surface area contributed by atoms with Crippen LogP contribution in [0.3, 0.4) is 0 Å². The molecule has 0 radical (unpaired) electrons. The Morgan fingerprint density at radius 2 is 2.20 bits per heavy atom. The van der Waals surface area contributed by atoms with Gasteiger partial charge in [0, 0.05) is 24.5 Å². The first-order valence-corrected chi connectivity index (χ1v) is 8.19. The number of aromatic nitrogens is 3. The quantitative estimate of drug-likeness (QED) is 0.866. The number of aryl methyl sites for hydroxylation is 2. The molecule has 0 aliphatic carbocycles. The second-order valence-electron chi connectivity index (χ2n) is 6.18. The number of hydrogen-bond donors (Lipinski definition) is 2. The molecule has 1 fully saturated rings. The van der Waals surface area contributed by atoms with Crippen LogP contribution in [0.15, 0.2) is 18.3 Å². The van der Waals surface area contributed by atoms with Crippen LogP contribution in [0.4, 0.5) is 0 Å². The molecule has 2 aromatic heterocycles. The number of nitrogens with zero attached hydrogens (tertiary/aromatic N) is 3. The molecule has 3 rings (SSSR count). The molecule has 3 N–H and O–H groups in total. The topological polar surface area (TPSA) is 114 Å². The molecule has 1 saturated heterocycles. The summed E-state index contributed by atoms with van der Waals surface area (Å²) < 4.78 is 5.94. The van der Waals surface area contributed by atoms with Crippen LogP contribution in [-0.2, 0) is 0 Å². The van der Waals surface area contributed by atoms with Gasteiger partial charge in [0.2, 0.25) is 0 Å². The summed E-state index contributed by atoms with van der Waals surface area (Å²) in [6.07, 6.45) is 3.02. The number of hydrogen-bond acceptors (Lipinski definition) is 5. The van der Waals surface area contributed by atoms with Crippen LogP contribution in [0.25, 0.3) is 0 Å². The largest absolute Gasteiger partial charge is 0.488 e. The van der Waals surface area contributed by atoms with E-state index in [-0.39, 0.29) is 17.7 Å². The summed E-state index contributed by atoms with van der Waals surface area (Å²) in [4.78, 5) is 29.7. The molecule has 3 heterocycles. The zero-order valence-corrected chi connectivity index (χ0v) is 14.3. The second kappa shape index (κ2) is 6.92. The fourth-order valence-corrected chi connectivity index (χ4v) is 3.05.